The quantitative estimate of drug-likeness (QED) is 0.856. The molecule has 11 heteroatoms. The van der Waals surface area contributed by atoms with Crippen LogP contribution < -0.4 is 10.1 Å². The van der Waals surface area contributed by atoms with Gasteiger partial charge in [0.15, 0.2) is 0 Å². The van der Waals surface area contributed by atoms with Gasteiger partial charge in [0, 0.05) is 5.56 Å². The smallest absolute Gasteiger partial charge is 0.463 e. The number of carbonyl (C=O) groups is 1. The van der Waals surface area contributed by atoms with Gasteiger partial charge in [-0.1, -0.05) is 5.10 Å². The molecule has 0 saturated carbocycles. The molecular formula is C13H10F5N3O3. The first kappa shape index (κ1) is 17.6. The van der Waals surface area contributed by atoms with Crippen molar-refractivity contribution < 1.29 is 35.9 Å². The van der Waals surface area contributed by atoms with Crippen molar-refractivity contribution in [2.45, 2.75) is 19.0 Å². The first-order valence-electron chi connectivity index (χ1n) is 6.30. The average Bonchev–Trinajstić information content (AvgIpc) is 2.94. The summed E-state index contributed by atoms with van der Waals surface area (Å²) in [5, 5.41) is 7.56. The molecule has 0 aliphatic rings. The Kier molecular flexibility index (Phi) is 4.45. The first-order valence-corrected chi connectivity index (χ1v) is 6.30. The van der Waals surface area contributed by atoms with Gasteiger partial charge in [0.2, 0.25) is 0 Å². The maximum absolute atomic E-state index is 13.0. The first-order chi connectivity index (χ1) is 11.1. The van der Waals surface area contributed by atoms with Crippen LogP contribution in [0.5, 0.6) is 5.75 Å². The van der Waals surface area contributed by atoms with E-state index in [1.807, 2.05) is 5.32 Å². The average molecular weight is 351 g/mol. The Bertz CT molecular complexity index is 758. The Morgan fingerprint density at radius 2 is 1.88 bits per heavy atom. The van der Waals surface area contributed by atoms with Crippen molar-refractivity contribution in [2.75, 3.05) is 12.4 Å². The number of ether oxygens (including phenoxy) is 1. The van der Waals surface area contributed by atoms with E-state index in [-0.39, 0.29) is 5.56 Å². The second-order valence-electron chi connectivity index (χ2n) is 4.62. The number of carbonyl (C=O) groups excluding carboxylic acids is 1. The fourth-order valence-electron chi connectivity index (χ4n) is 1.70. The second-order valence-corrected chi connectivity index (χ2v) is 4.62. The highest BCUT2D eigenvalue weighted by molar-refractivity contribution is 6.04. The van der Waals surface area contributed by atoms with Gasteiger partial charge >= 0.3 is 18.1 Å². The number of hydrogen-bond acceptors (Lipinski definition) is 5. The molecule has 0 saturated heterocycles. The number of halogens is 5. The molecule has 24 heavy (non-hydrogen) atoms. The summed E-state index contributed by atoms with van der Waals surface area (Å²) in [6, 6.07) is 3.50. The van der Waals surface area contributed by atoms with Gasteiger partial charge in [-0.3, -0.25) is 10.1 Å². The SMILES string of the molecule is COc1ccc(C(=O)Nc2nnc(C(F)(F)C(F)(F)F)o2)c(C)c1. The lowest BCUT2D eigenvalue weighted by Crippen LogP contribution is -2.34. The van der Waals surface area contributed by atoms with E-state index in [2.05, 4.69) is 14.6 Å². The zero-order chi connectivity index (χ0) is 18.1. The van der Waals surface area contributed by atoms with Crippen molar-refractivity contribution in [2.24, 2.45) is 0 Å². The highest BCUT2D eigenvalue weighted by Crippen LogP contribution is 2.43. The van der Waals surface area contributed by atoms with Gasteiger partial charge in [0.05, 0.1) is 7.11 Å². The van der Waals surface area contributed by atoms with Crippen LogP contribution in [0.2, 0.25) is 0 Å². The molecule has 0 fully saturated rings. The molecule has 0 bridgehead atoms. The summed E-state index contributed by atoms with van der Waals surface area (Å²) in [5.41, 5.74) is 0.602. The van der Waals surface area contributed by atoms with E-state index in [1.165, 1.54) is 25.3 Å². The second kappa shape index (κ2) is 6.06. The van der Waals surface area contributed by atoms with E-state index < -0.39 is 29.9 Å². The molecule has 130 valence electrons. The van der Waals surface area contributed by atoms with Crippen LogP contribution in [0.1, 0.15) is 21.8 Å². The van der Waals surface area contributed by atoms with Gasteiger partial charge < -0.3 is 9.15 Å². The molecule has 0 atom stereocenters. The van der Waals surface area contributed by atoms with Crippen LogP contribution in [0.25, 0.3) is 0 Å². The molecule has 1 amide bonds. The molecule has 2 rings (SSSR count). The summed E-state index contributed by atoms with van der Waals surface area (Å²) in [4.78, 5) is 12.0. The van der Waals surface area contributed by atoms with Crippen LogP contribution in [-0.4, -0.2) is 29.4 Å². The topological polar surface area (TPSA) is 77.2 Å². The van der Waals surface area contributed by atoms with Crippen molar-refractivity contribution in [3.8, 4) is 5.75 Å². The van der Waals surface area contributed by atoms with Gasteiger partial charge in [-0.15, -0.1) is 5.10 Å². The van der Waals surface area contributed by atoms with Crippen LogP contribution in [0.3, 0.4) is 0 Å². The Morgan fingerprint density at radius 3 is 2.42 bits per heavy atom. The summed E-state index contributed by atoms with van der Waals surface area (Å²) >= 11 is 0. The number of nitrogens with zero attached hydrogens (tertiary/aromatic N) is 2. The van der Waals surface area contributed by atoms with Crippen LogP contribution in [0, 0.1) is 6.92 Å². The normalized spacial score (nSPS) is 12.1. The molecule has 2 aromatic rings. The van der Waals surface area contributed by atoms with Gasteiger partial charge in [0.25, 0.3) is 11.8 Å². The molecule has 1 N–H and O–H groups in total. The van der Waals surface area contributed by atoms with Crippen molar-refractivity contribution in [3.05, 3.63) is 35.2 Å². The van der Waals surface area contributed by atoms with E-state index in [9.17, 15) is 26.7 Å². The maximum atomic E-state index is 13.0. The molecule has 6 nitrogen and oxygen atoms in total. The van der Waals surface area contributed by atoms with E-state index in [0.29, 0.717) is 11.3 Å². The largest absolute Gasteiger partial charge is 0.497 e. The number of aromatic nitrogens is 2. The number of hydrogen-bond donors (Lipinski definition) is 1. The van der Waals surface area contributed by atoms with E-state index >= 15 is 0 Å². The van der Waals surface area contributed by atoms with Crippen LogP contribution in [0.15, 0.2) is 22.6 Å². The molecule has 0 radical (unpaired) electrons. The lowest BCUT2D eigenvalue weighted by molar-refractivity contribution is -0.297. The van der Waals surface area contributed by atoms with Crippen molar-refractivity contribution in [1.29, 1.82) is 0 Å². The third-order valence-corrected chi connectivity index (χ3v) is 2.95. The van der Waals surface area contributed by atoms with Gasteiger partial charge in [0.1, 0.15) is 5.75 Å². The monoisotopic (exact) mass is 351 g/mol. The van der Waals surface area contributed by atoms with Crippen molar-refractivity contribution in [1.82, 2.24) is 10.2 Å². The molecule has 0 aliphatic heterocycles. The summed E-state index contributed by atoms with van der Waals surface area (Å²) in [5.74, 6) is -7.62. The number of benzene rings is 1. The fraction of sp³-hybridized carbons (Fsp3) is 0.308. The van der Waals surface area contributed by atoms with Crippen LogP contribution in [0.4, 0.5) is 28.0 Å². The minimum Gasteiger partial charge on any atom is -0.497 e. The van der Waals surface area contributed by atoms with E-state index in [0.717, 1.165) is 0 Å². The predicted molar refractivity (Wildman–Crippen MR) is 69.9 cm³/mol. The van der Waals surface area contributed by atoms with E-state index in [4.69, 9.17) is 4.74 Å². The van der Waals surface area contributed by atoms with Crippen LogP contribution >= 0.6 is 0 Å². The Balaban J connectivity index is 2.20. The zero-order valence-corrected chi connectivity index (χ0v) is 12.2. The lowest BCUT2D eigenvalue weighted by Gasteiger charge is -2.14. The molecule has 0 aliphatic carbocycles. The van der Waals surface area contributed by atoms with Crippen molar-refractivity contribution in [3.63, 3.8) is 0 Å². The highest BCUT2D eigenvalue weighted by atomic mass is 19.4. The Hall–Kier alpha value is -2.72. The molecular weight excluding hydrogens is 341 g/mol. The minimum absolute atomic E-state index is 0.123. The number of alkyl halides is 5. The molecule has 0 unspecified atom stereocenters. The van der Waals surface area contributed by atoms with Crippen molar-refractivity contribution >= 4 is 11.9 Å². The van der Waals surface area contributed by atoms with Gasteiger partial charge in [-0.2, -0.15) is 22.0 Å². The predicted octanol–water partition coefficient (Wildman–Crippen LogP) is 3.29. The molecule has 1 heterocycles. The number of methoxy groups -OCH3 is 1. The van der Waals surface area contributed by atoms with E-state index in [1.54, 1.807) is 6.92 Å². The standard InChI is InChI=1S/C13H10F5N3O3/c1-6-5-7(23-2)3-4-8(6)9(22)19-11-21-20-10(24-11)12(14,15)13(16,17)18/h3-5H,1-2H3,(H,19,21,22). The number of aryl methyl sites for hydroxylation is 1. The minimum atomic E-state index is -5.90. The number of amides is 1. The Morgan fingerprint density at radius 1 is 1.21 bits per heavy atom. The summed E-state index contributed by atoms with van der Waals surface area (Å²) in [6.07, 6.45) is -5.90. The number of nitrogens with one attached hydrogen (secondary N) is 1. The molecule has 0 spiro atoms. The summed E-state index contributed by atoms with van der Waals surface area (Å²) in [6.45, 7) is 1.58. The zero-order valence-electron chi connectivity index (χ0n) is 12.2. The lowest BCUT2D eigenvalue weighted by atomic mass is 10.1. The van der Waals surface area contributed by atoms with Gasteiger partial charge in [-0.05, 0) is 30.7 Å². The number of anilines is 1. The third kappa shape index (κ3) is 3.29. The summed E-state index contributed by atoms with van der Waals surface area (Å²) < 4.78 is 71.8. The number of rotatable bonds is 4. The third-order valence-electron chi connectivity index (χ3n) is 2.95. The Labute approximate surface area is 131 Å². The summed E-state index contributed by atoms with van der Waals surface area (Å²) in [7, 11) is 1.43. The van der Waals surface area contributed by atoms with Gasteiger partial charge in [-0.25, -0.2) is 0 Å². The molecule has 1 aromatic carbocycles. The fourth-order valence-corrected chi connectivity index (χ4v) is 1.70. The maximum Gasteiger partial charge on any atom is 0.463 e. The highest BCUT2D eigenvalue weighted by Gasteiger charge is 2.63. The van der Waals surface area contributed by atoms with Crippen LogP contribution in [-0.2, 0) is 5.92 Å². The molecule has 1 aromatic heterocycles.